The van der Waals surface area contributed by atoms with E-state index in [9.17, 15) is 0 Å². The molecule has 0 radical (unpaired) electrons. The van der Waals surface area contributed by atoms with Crippen LogP contribution in [0.3, 0.4) is 0 Å². The Labute approximate surface area is 838 Å². The predicted octanol–water partition coefficient (Wildman–Crippen LogP) is 24.7. The molecule has 18 fully saturated rings. The molecular weight excluding hydrogens is 1750 g/mol. The van der Waals surface area contributed by atoms with Crippen molar-refractivity contribution in [2.24, 2.45) is 107 Å². The van der Waals surface area contributed by atoms with Gasteiger partial charge in [0.1, 0.15) is 0 Å². The van der Waals surface area contributed by atoms with Crippen LogP contribution < -0.4 is 0 Å². The highest BCUT2D eigenvalue weighted by molar-refractivity contribution is 5.00. The van der Waals surface area contributed by atoms with Crippen LogP contribution in [0.4, 0.5) is 0 Å². The lowest BCUT2D eigenvalue weighted by molar-refractivity contribution is -0.374. The minimum absolute atomic E-state index is 0.224. The molecule has 24 heteroatoms. The van der Waals surface area contributed by atoms with Gasteiger partial charge in [0.15, 0.2) is 69.4 Å². The van der Waals surface area contributed by atoms with Crippen molar-refractivity contribution in [3.63, 3.8) is 0 Å². The number of hydrogen-bond acceptors (Lipinski definition) is 24. The monoisotopic (exact) mass is 1960 g/mol. The predicted molar refractivity (Wildman–Crippen MR) is 534 cm³/mol. The van der Waals surface area contributed by atoms with E-state index in [4.69, 9.17) is 114 Å². The Kier molecular flexibility index (Phi) is 42.0. The van der Waals surface area contributed by atoms with E-state index in [-0.39, 0.29) is 71.3 Å². The number of rotatable bonds is 24. The van der Waals surface area contributed by atoms with Crippen molar-refractivity contribution in [1.82, 2.24) is 0 Å². The van der Waals surface area contributed by atoms with Crippen LogP contribution in [-0.4, -0.2) is 225 Å². The van der Waals surface area contributed by atoms with Crippen LogP contribution in [0.1, 0.15) is 397 Å². The summed E-state index contributed by atoms with van der Waals surface area (Å²) in [5.41, 5.74) is 0. The maximum Gasteiger partial charge on any atom is 0.174 e. The van der Waals surface area contributed by atoms with E-state index in [2.05, 4.69) is 166 Å². The van der Waals surface area contributed by atoms with Crippen molar-refractivity contribution in [2.45, 2.75) is 503 Å². The molecule has 6 saturated carbocycles. The van der Waals surface area contributed by atoms with Gasteiger partial charge >= 0.3 is 0 Å². The van der Waals surface area contributed by atoms with Crippen molar-refractivity contribution < 1.29 is 114 Å². The molecule has 24 nitrogen and oxygen atoms in total. The van der Waals surface area contributed by atoms with Gasteiger partial charge < -0.3 is 114 Å². The average Bonchev–Trinajstić information content (AvgIpc) is 1.59. The number of hydrogen-bond donors (Lipinski definition) is 0. The Balaban J connectivity index is 0.000000140. The third-order valence-corrected chi connectivity index (χ3v) is 33.3. The maximum atomic E-state index is 6.36. The summed E-state index contributed by atoms with van der Waals surface area (Å²) in [7, 11) is 0. The first-order chi connectivity index (χ1) is 65.5. The van der Waals surface area contributed by atoms with E-state index in [1.807, 2.05) is 0 Å². The summed E-state index contributed by atoms with van der Waals surface area (Å²) in [6.45, 7) is 68.1. The summed E-state index contributed by atoms with van der Waals surface area (Å²) >= 11 is 0. The second-order valence-electron chi connectivity index (χ2n) is 51.4. The molecule has 12 heterocycles. The van der Waals surface area contributed by atoms with Gasteiger partial charge in [0, 0.05) is 151 Å². The van der Waals surface area contributed by atoms with Crippen molar-refractivity contribution in [1.29, 1.82) is 0 Å². The van der Waals surface area contributed by atoms with Crippen molar-refractivity contribution in [3.05, 3.63) is 0 Å². The summed E-state index contributed by atoms with van der Waals surface area (Å²) < 4.78 is 149. The van der Waals surface area contributed by atoms with E-state index in [1.165, 1.54) is 38.5 Å². The molecule has 0 aromatic carbocycles. The topological polar surface area (TPSA) is 222 Å². The van der Waals surface area contributed by atoms with Crippen molar-refractivity contribution in [3.8, 4) is 0 Å². The fourth-order valence-corrected chi connectivity index (χ4v) is 24.6. The van der Waals surface area contributed by atoms with Crippen LogP contribution in [0.25, 0.3) is 0 Å². The molecule has 804 valence electrons. The molecule has 6 aliphatic carbocycles. The van der Waals surface area contributed by atoms with Gasteiger partial charge in [0.25, 0.3) is 0 Å². The molecule has 18 aliphatic rings. The Hall–Kier alpha value is -0.960. The smallest absolute Gasteiger partial charge is 0.174 e. The Bertz CT molecular complexity index is 3250. The van der Waals surface area contributed by atoms with Gasteiger partial charge in [-0.2, -0.15) is 0 Å². The third kappa shape index (κ3) is 32.8. The van der Waals surface area contributed by atoms with Crippen molar-refractivity contribution >= 4 is 0 Å². The summed E-state index contributed by atoms with van der Waals surface area (Å²) in [5, 5.41) is 0. The zero-order valence-electron chi connectivity index (χ0n) is 91.8. The lowest BCUT2D eigenvalue weighted by atomic mass is 9.85. The lowest BCUT2D eigenvalue weighted by Crippen LogP contribution is -2.57. The zero-order valence-corrected chi connectivity index (χ0v) is 91.8. The SMILES string of the molecule is CC(C)CC1COC2(CCC3(CC2)OCC(C(C)C)CO3)OC1.CC(C)CC1COC2(CCCC3(C2)OCC(C(C)C)CO3)OC1.CC(C)CC1COC2(CCCC3(C2)OCC(CC(C)C)O3)OC1.CC(C)CCC1COC2(CCC3(CC2)OCC(C(C)C)CO3)O1.CC(C)CCC1COC2(CCC3(CC2)OCC(CC(C)C)O3)O1.CC(C)CCC1COC2(CCCC3(C2)OCC(CC(C)C)O3)O1. The van der Waals surface area contributed by atoms with E-state index in [0.717, 1.165) is 310 Å². The molecule has 0 bridgehead atoms. The van der Waals surface area contributed by atoms with E-state index < -0.39 is 34.7 Å². The second kappa shape index (κ2) is 50.8. The largest absolute Gasteiger partial charge is 0.350 e. The first kappa shape index (κ1) is 114. The van der Waals surface area contributed by atoms with Gasteiger partial charge in [-0.1, -0.05) is 166 Å². The molecular formula is C114H204O24. The Morgan fingerprint density at radius 1 is 0.167 bits per heavy atom. The van der Waals surface area contributed by atoms with Crippen LogP contribution in [0.5, 0.6) is 0 Å². The van der Waals surface area contributed by atoms with Crippen LogP contribution in [0.15, 0.2) is 0 Å². The van der Waals surface area contributed by atoms with Crippen LogP contribution >= 0.6 is 0 Å². The quantitative estimate of drug-likeness (QED) is 0.0876. The van der Waals surface area contributed by atoms with Gasteiger partial charge in [-0.3, -0.25) is 0 Å². The van der Waals surface area contributed by atoms with Gasteiger partial charge in [-0.25, -0.2) is 0 Å². The molecule has 0 aromatic heterocycles. The number of ether oxygens (including phenoxy) is 24. The van der Waals surface area contributed by atoms with Crippen LogP contribution in [0.2, 0.25) is 0 Å². The normalized spacial score (nSPS) is 41.5. The molecule has 18 rings (SSSR count). The second-order valence-corrected chi connectivity index (χ2v) is 51.4. The molecule has 0 N–H and O–H groups in total. The zero-order chi connectivity index (χ0) is 99.0. The minimum Gasteiger partial charge on any atom is -0.350 e. The Morgan fingerprint density at radius 3 is 0.587 bits per heavy atom. The average molecular weight is 1960 g/mol. The third-order valence-electron chi connectivity index (χ3n) is 33.3. The first-order valence-corrected chi connectivity index (χ1v) is 57.0. The lowest BCUT2D eigenvalue weighted by Gasteiger charge is -2.51. The van der Waals surface area contributed by atoms with Crippen molar-refractivity contribution in [2.75, 3.05) is 119 Å². The van der Waals surface area contributed by atoms with Crippen LogP contribution in [0, 0.1) is 107 Å². The maximum absolute atomic E-state index is 6.36. The van der Waals surface area contributed by atoms with Gasteiger partial charge in [0.05, 0.1) is 175 Å². The summed E-state index contributed by atoms with van der Waals surface area (Å²) in [6, 6.07) is 0. The van der Waals surface area contributed by atoms with Gasteiger partial charge in [0.2, 0.25) is 0 Å². The molecule has 12 saturated heterocycles. The molecule has 9 unspecified atom stereocenters. The highest BCUT2D eigenvalue weighted by atomic mass is 16.8. The van der Waals surface area contributed by atoms with E-state index in [0.29, 0.717) is 108 Å². The molecule has 138 heavy (non-hydrogen) atoms. The molecule has 0 aromatic rings. The van der Waals surface area contributed by atoms with Gasteiger partial charge in [-0.05, 0) is 167 Å². The minimum atomic E-state index is -0.478. The highest BCUT2D eigenvalue weighted by Gasteiger charge is 2.60. The molecule has 12 aliphatic heterocycles. The summed E-state index contributed by atoms with van der Waals surface area (Å²) in [5.74, 6) is 6.09. The molecule has 12 spiro atoms. The summed E-state index contributed by atoms with van der Waals surface area (Å²) in [6.07, 6.45) is 36.8. The summed E-state index contributed by atoms with van der Waals surface area (Å²) in [4.78, 5) is 0. The van der Waals surface area contributed by atoms with Crippen LogP contribution in [-0.2, 0) is 114 Å². The molecule has 0 amide bonds. The standard InChI is InChI=1S/6C19H34O4/c1-14(2)6-7-16-11-20-18(22-16)8-5-9-19(13-18)21-12-17(23-19)10-15(3)4;1-14(2)9-16-10-20-18(21-11-16)5-7-19(8-6-18)22-12-17(13-23-19)15(3)4;1-14(2)5-6-17-13-22-19(23-17)9-7-18(8-10-19)20-11-16(12-21-18)15(3)4;1-14(2)5-6-16-12-20-18(22-16)7-9-19(10-8-18)21-13-17(23-19)11-15(3)4;1-14(2)8-16-9-20-18(21-10-16)6-5-7-19(13-18)22-11-17(12-23-19)15(3)4;1-14(2)8-16-10-20-18(21-11-16)6-5-7-19(13-18)22-12-17(23-19)9-15(3)4/h6*14-17H,5-13H2,1-4H3. The Morgan fingerprint density at radius 2 is 0.341 bits per heavy atom. The molecule has 9 atom stereocenters. The van der Waals surface area contributed by atoms with E-state index >= 15 is 0 Å². The first-order valence-electron chi connectivity index (χ1n) is 57.0. The van der Waals surface area contributed by atoms with Gasteiger partial charge in [-0.15, -0.1) is 0 Å². The highest BCUT2D eigenvalue weighted by Crippen LogP contribution is 2.55. The van der Waals surface area contributed by atoms with E-state index in [1.54, 1.807) is 0 Å². The fraction of sp³-hybridized carbons (Fsp3) is 1.00. The fourth-order valence-electron chi connectivity index (χ4n) is 24.6.